The second-order valence-electron chi connectivity index (χ2n) is 6.12. The van der Waals surface area contributed by atoms with Crippen LogP contribution in [0.5, 0.6) is 0 Å². The minimum atomic E-state index is -3.22. The summed E-state index contributed by atoms with van der Waals surface area (Å²) in [4.78, 5) is 0. The number of benzene rings is 1. The minimum Gasteiger partial charge on any atom is -0.494 e. The number of hydrogen-bond donors (Lipinski definition) is 4. The molecule has 0 saturated heterocycles. The van der Waals surface area contributed by atoms with Crippen LogP contribution in [0, 0.1) is 5.41 Å². The summed E-state index contributed by atoms with van der Waals surface area (Å²) < 4.78 is 30.4. The summed E-state index contributed by atoms with van der Waals surface area (Å²) in [7, 11) is -3.22. The standard InChI is InChI=1S/C18H26N4O3S/c1-3-13-4-9-17(25-11-10-21-26(2,23)24)16(12-13)22-15-7-5-14(6-8-15)18(19)20/h5-9,12,16,21-22H,3-4,10-11H2,1-2H3,(H3,19,20). The second kappa shape index (κ2) is 8.86. The van der Waals surface area contributed by atoms with Crippen LogP contribution >= 0.6 is 0 Å². The maximum Gasteiger partial charge on any atom is 0.208 e. The molecule has 1 aliphatic rings. The molecule has 1 aromatic rings. The zero-order chi connectivity index (χ0) is 19.2. The third-order valence-corrected chi connectivity index (χ3v) is 4.71. The van der Waals surface area contributed by atoms with E-state index in [0.29, 0.717) is 5.56 Å². The molecule has 0 saturated carbocycles. The zero-order valence-electron chi connectivity index (χ0n) is 15.1. The van der Waals surface area contributed by atoms with Gasteiger partial charge in [0.05, 0.1) is 6.26 Å². The van der Waals surface area contributed by atoms with Crippen LogP contribution in [-0.4, -0.2) is 39.7 Å². The number of amidine groups is 1. The van der Waals surface area contributed by atoms with Crippen molar-refractivity contribution < 1.29 is 13.2 Å². The number of hydrogen-bond acceptors (Lipinski definition) is 5. The van der Waals surface area contributed by atoms with Gasteiger partial charge in [0.25, 0.3) is 0 Å². The first-order valence-corrected chi connectivity index (χ1v) is 10.4. The van der Waals surface area contributed by atoms with E-state index in [1.165, 1.54) is 5.57 Å². The first-order valence-electron chi connectivity index (χ1n) is 8.46. The third kappa shape index (κ3) is 6.20. The number of nitrogens with one attached hydrogen (secondary N) is 3. The Kier molecular flexibility index (Phi) is 6.82. The predicted molar refractivity (Wildman–Crippen MR) is 105 cm³/mol. The van der Waals surface area contributed by atoms with E-state index in [4.69, 9.17) is 15.9 Å². The normalized spacial score (nSPS) is 17.2. The van der Waals surface area contributed by atoms with E-state index in [0.717, 1.165) is 30.5 Å². The van der Waals surface area contributed by atoms with Crippen LogP contribution in [0.3, 0.4) is 0 Å². The molecule has 1 unspecified atom stereocenters. The fourth-order valence-corrected chi connectivity index (χ4v) is 3.04. The highest BCUT2D eigenvalue weighted by Crippen LogP contribution is 2.24. The van der Waals surface area contributed by atoms with E-state index in [9.17, 15) is 8.42 Å². The highest BCUT2D eigenvalue weighted by molar-refractivity contribution is 7.88. The summed E-state index contributed by atoms with van der Waals surface area (Å²) in [5.41, 5.74) is 8.35. The van der Waals surface area contributed by atoms with Gasteiger partial charge in [0, 0.05) is 17.8 Å². The Morgan fingerprint density at radius 3 is 2.62 bits per heavy atom. The van der Waals surface area contributed by atoms with Crippen molar-refractivity contribution in [2.24, 2.45) is 5.73 Å². The monoisotopic (exact) mass is 378 g/mol. The van der Waals surface area contributed by atoms with Gasteiger partial charge >= 0.3 is 0 Å². The summed E-state index contributed by atoms with van der Waals surface area (Å²) in [6, 6.07) is 7.19. The number of nitrogens with two attached hydrogens (primary N) is 1. The molecule has 0 aromatic heterocycles. The Morgan fingerprint density at radius 1 is 1.35 bits per heavy atom. The van der Waals surface area contributed by atoms with Crippen LogP contribution in [-0.2, 0) is 14.8 Å². The van der Waals surface area contributed by atoms with Crippen molar-refractivity contribution in [2.75, 3.05) is 24.7 Å². The maximum absolute atomic E-state index is 11.1. The molecule has 1 aliphatic carbocycles. The SMILES string of the molecule is CCC1=CC(Nc2ccc(C(=N)N)cc2)C(OCCNS(C)(=O)=O)=CC1. The molecule has 142 valence electrons. The summed E-state index contributed by atoms with van der Waals surface area (Å²) >= 11 is 0. The lowest BCUT2D eigenvalue weighted by atomic mass is 9.98. The van der Waals surface area contributed by atoms with Gasteiger partial charge in [-0.25, -0.2) is 13.1 Å². The smallest absolute Gasteiger partial charge is 0.208 e. The fraction of sp³-hybridized carbons (Fsp3) is 0.389. The summed E-state index contributed by atoms with van der Waals surface area (Å²) in [5, 5.41) is 10.8. The van der Waals surface area contributed by atoms with Crippen molar-refractivity contribution in [3.05, 3.63) is 53.3 Å². The van der Waals surface area contributed by atoms with E-state index in [2.05, 4.69) is 23.0 Å². The molecular formula is C18H26N4O3S. The molecule has 0 spiro atoms. The number of anilines is 1. The van der Waals surface area contributed by atoms with E-state index in [1.54, 1.807) is 12.1 Å². The van der Waals surface area contributed by atoms with Gasteiger partial charge in [0.1, 0.15) is 24.2 Å². The van der Waals surface area contributed by atoms with E-state index in [1.807, 2.05) is 18.2 Å². The minimum absolute atomic E-state index is 0.0321. The maximum atomic E-state index is 11.1. The van der Waals surface area contributed by atoms with Gasteiger partial charge in [0.15, 0.2) is 0 Å². The van der Waals surface area contributed by atoms with Gasteiger partial charge in [-0.15, -0.1) is 0 Å². The molecule has 8 heteroatoms. The molecule has 0 fully saturated rings. The lowest BCUT2D eigenvalue weighted by Gasteiger charge is -2.25. The predicted octanol–water partition coefficient (Wildman–Crippen LogP) is 1.94. The van der Waals surface area contributed by atoms with Crippen molar-refractivity contribution in [3.63, 3.8) is 0 Å². The van der Waals surface area contributed by atoms with Gasteiger partial charge in [-0.3, -0.25) is 5.41 Å². The lowest BCUT2D eigenvalue weighted by Crippen LogP contribution is -2.29. The van der Waals surface area contributed by atoms with Crippen molar-refractivity contribution in [2.45, 2.75) is 25.8 Å². The fourth-order valence-electron chi connectivity index (χ4n) is 2.59. The molecule has 0 bridgehead atoms. The molecule has 0 amide bonds. The Balaban J connectivity index is 2.02. The summed E-state index contributed by atoms with van der Waals surface area (Å²) in [6.45, 7) is 2.59. The van der Waals surface area contributed by atoms with Gasteiger partial charge in [0.2, 0.25) is 10.0 Å². The Morgan fingerprint density at radius 2 is 2.04 bits per heavy atom. The van der Waals surface area contributed by atoms with Gasteiger partial charge in [-0.1, -0.05) is 18.6 Å². The topological polar surface area (TPSA) is 117 Å². The summed E-state index contributed by atoms with van der Waals surface area (Å²) in [5.74, 6) is 0.804. The molecule has 2 rings (SSSR count). The molecule has 0 aliphatic heterocycles. The average Bonchev–Trinajstić information content (AvgIpc) is 2.59. The Hall–Kier alpha value is -2.32. The van der Waals surface area contributed by atoms with Crippen molar-refractivity contribution in [3.8, 4) is 0 Å². The lowest BCUT2D eigenvalue weighted by molar-refractivity contribution is 0.206. The Bertz CT molecular complexity index is 798. The number of allylic oxidation sites excluding steroid dienone is 2. The molecule has 1 atom stereocenters. The molecule has 1 aromatic carbocycles. The average molecular weight is 378 g/mol. The van der Waals surface area contributed by atoms with Crippen LogP contribution in [0.1, 0.15) is 25.3 Å². The van der Waals surface area contributed by atoms with Crippen LogP contribution in [0.4, 0.5) is 5.69 Å². The molecule has 26 heavy (non-hydrogen) atoms. The zero-order valence-corrected chi connectivity index (χ0v) is 15.9. The Labute approximate surface area is 154 Å². The molecule has 0 radical (unpaired) electrons. The van der Waals surface area contributed by atoms with Crippen LogP contribution in [0.2, 0.25) is 0 Å². The van der Waals surface area contributed by atoms with Gasteiger partial charge in [-0.2, -0.15) is 0 Å². The van der Waals surface area contributed by atoms with Crippen molar-refractivity contribution >= 4 is 21.5 Å². The number of ether oxygens (including phenoxy) is 1. The number of nitrogen functional groups attached to an aromatic ring is 1. The number of sulfonamides is 1. The van der Waals surface area contributed by atoms with Crippen LogP contribution in [0.25, 0.3) is 0 Å². The first kappa shape index (κ1) is 20.0. The van der Waals surface area contributed by atoms with Gasteiger partial charge < -0.3 is 15.8 Å². The van der Waals surface area contributed by atoms with Crippen LogP contribution < -0.4 is 15.8 Å². The van der Waals surface area contributed by atoms with Crippen molar-refractivity contribution in [1.29, 1.82) is 5.41 Å². The van der Waals surface area contributed by atoms with E-state index >= 15 is 0 Å². The largest absolute Gasteiger partial charge is 0.494 e. The third-order valence-electron chi connectivity index (χ3n) is 3.98. The molecule has 7 nitrogen and oxygen atoms in total. The van der Waals surface area contributed by atoms with Crippen molar-refractivity contribution in [1.82, 2.24) is 4.72 Å². The molecule has 0 heterocycles. The van der Waals surface area contributed by atoms with E-state index in [-0.39, 0.29) is 25.0 Å². The first-order chi connectivity index (χ1) is 12.3. The highest BCUT2D eigenvalue weighted by Gasteiger charge is 2.18. The second-order valence-corrected chi connectivity index (χ2v) is 7.95. The van der Waals surface area contributed by atoms with Crippen LogP contribution in [0.15, 0.2) is 47.7 Å². The summed E-state index contributed by atoms with van der Waals surface area (Å²) in [6.07, 6.45) is 7.07. The van der Waals surface area contributed by atoms with Gasteiger partial charge in [-0.05, 0) is 43.2 Å². The highest BCUT2D eigenvalue weighted by atomic mass is 32.2. The van der Waals surface area contributed by atoms with E-state index < -0.39 is 10.0 Å². The molecule has 5 N–H and O–H groups in total. The quantitative estimate of drug-likeness (QED) is 0.227. The molecular weight excluding hydrogens is 352 g/mol. The number of rotatable bonds is 9.